The highest BCUT2D eigenvalue weighted by Crippen LogP contribution is 2.29. The van der Waals surface area contributed by atoms with Crippen molar-refractivity contribution in [1.82, 2.24) is 14.4 Å². The third-order valence-electron chi connectivity index (χ3n) is 3.48. The lowest BCUT2D eigenvalue weighted by Crippen LogP contribution is -2.18. The number of hydrogen-bond donors (Lipinski definition) is 1. The van der Waals surface area contributed by atoms with E-state index < -0.39 is 0 Å². The minimum atomic E-state index is -0.298. The number of nitrogens with zero attached hydrogens (tertiary/aromatic N) is 3. The fraction of sp³-hybridized carbons (Fsp3) is 0.235. The van der Waals surface area contributed by atoms with Gasteiger partial charge in [-0.05, 0) is 38.1 Å². The monoisotopic (exact) mass is 310 g/mol. The van der Waals surface area contributed by atoms with E-state index in [0.717, 1.165) is 28.4 Å². The second kappa shape index (κ2) is 6.48. The highest BCUT2D eigenvalue weighted by Gasteiger charge is 2.16. The smallest absolute Gasteiger partial charge is 0.325 e. The lowest BCUT2D eigenvalue weighted by Gasteiger charge is -2.10. The first-order chi connectivity index (χ1) is 11.2. The number of esters is 1. The van der Waals surface area contributed by atoms with Crippen molar-refractivity contribution in [2.24, 2.45) is 0 Å². The molecule has 3 heterocycles. The van der Waals surface area contributed by atoms with Crippen molar-refractivity contribution in [3.05, 3.63) is 48.4 Å². The van der Waals surface area contributed by atoms with Gasteiger partial charge in [-0.3, -0.25) is 14.2 Å². The molecule has 0 saturated carbocycles. The summed E-state index contributed by atoms with van der Waals surface area (Å²) in [6, 6.07) is 9.69. The molecule has 0 aliphatic heterocycles. The van der Waals surface area contributed by atoms with Crippen LogP contribution in [0.4, 0.5) is 5.82 Å². The summed E-state index contributed by atoms with van der Waals surface area (Å²) in [6.45, 7) is 4.24. The second-order valence-electron chi connectivity index (χ2n) is 5.07. The van der Waals surface area contributed by atoms with Crippen LogP contribution in [-0.2, 0) is 9.53 Å². The highest BCUT2D eigenvalue weighted by atomic mass is 16.5. The molecule has 118 valence electrons. The molecule has 0 aliphatic rings. The van der Waals surface area contributed by atoms with Crippen molar-refractivity contribution in [3.63, 3.8) is 0 Å². The van der Waals surface area contributed by atoms with Crippen LogP contribution in [-0.4, -0.2) is 33.5 Å². The van der Waals surface area contributed by atoms with Crippen LogP contribution >= 0.6 is 0 Å². The van der Waals surface area contributed by atoms with Crippen molar-refractivity contribution >= 4 is 17.4 Å². The number of hydrogen-bond acceptors (Lipinski definition) is 5. The van der Waals surface area contributed by atoms with Crippen LogP contribution in [0.15, 0.2) is 42.7 Å². The number of ether oxygens (including phenoxy) is 1. The average Bonchev–Trinajstić information content (AvgIpc) is 2.94. The molecule has 0 radical (unpaired) electrons. The first-order valence-corrected chi connectivity index (χ1v) is 7.48. The maximum absolute atomic E-state index is 11.7. The number of anilines is 1. The molecule has 1 N–H and O–H groups in total. The third kappa shape index (κ3) is 3.01. The minimum absolute atomic E-state index is 0.0865. The standard InChI is InChI=1S/C17H18N4O2/c1-3-23-15(22)11-19-17-16(13-7-5-9-18-10-13)20-14-8-4-6-12(2)21(14)17/h4-10,19H,3,11H2,1-2H3. The molecule has 0 fully saturated rings. The van der Waals surface area contributed by atoms with Crippen LogP contribution in [0, 0.1) is 6.92 Å². The number of rotatable bonds is 5. The molecule has 6 heteroatoms. The fourth-order valence-electron chi connectivity index (χ4n) is 2.49. The van der Waals surface area contributed by atoms with Crippen molar-refractivity contribution in [2.75, 3.05) is 18.5 Å². The van der Waals surface area contributed by atoms with Gasteiger partial charge < -0.3 is 10.1 Å². The predicted octanol–water partition coefficient (Wildman–Crippen LogP) is 2.68. The Bertz CT molecular complexity index is 827. The molecule has 3 rings (SSSR count). The Labute approximate surface area is 134 Å². The molecule has 0 aromatic carbocycles. The SMILES string of the molecule is CCOC(=O)CNc1c(-c2cccnc2)nc2cccc(C)n12. The van der Waals surface area contributed by atoms with Crippen molar-refractivity contribution in [2.45, 2.75) is 13.8 Å². The summed E-state index contributed by atoms with van der Waals surface area (Å²) in [7, 11) is 0. The van der Waals surface area contributed by atoms with Crippen LogP contribution in [0.3, 0.4) is 0 Å². The van der Waals surface area contributed by atoms with E-state index in [4.69, 9.17) is 4.74 Å². The third-order valence-corrected chi connectivity index (χ3v) is 3.48. The Morgan fingerprint density at radius 1 is 1.30 bits per heavy atom. The quantitative estimate of drug-likeness (QED) is 0.734. The summed E-state index contributed by atoms with van der Waals surface area (Å²) in [5, 5.41) is 3.16. The Morgan fingerprint density at radius 3 is 2.91 bits per heavy atom. The van der Waals surface area contributed by atoms with Gasteiger partial charge in [-0.1, -0.05) is 6.07 Å². The van der Waals surface area contributed by atoms with Crippen molar-refractivity contribution in [1.29, 1.82) is 0 Å². The molecular weight excluding hydrogens is 292 g/mol. The van der Waals surface area contributed by atoms with Gasteiger partial charge in [0.2, 0.25) is 0 Å². The van der Waals surface area contributed by atoms with E-state index >= 15 is 0 Å². The lowest BCUT2D eigenvalue weighted by molar-refractivity contribution is -0.140. The van der Waals surface area contributed by atoms with Crippen molar-refractivity contribution in [3.8, 4) is 11.3 Å². The van der Waals surface area contributed by atoms with Crippen LogP contribution in [0.5, 0.6) is 0 Å². The zero-order chi connectivity index (χ0) is 16.2. The Hall–Kier alpha value is -2.89. The summed E-state index contributed by atoms with van der Waals surface area (Å²) in [5.74, 6) is 0.465. The van der Waals surface area contributed by atoms with Gasteiger partial charge in [-0.2, -0.15) is 0 Å². The molecular formula is C17H18N4O2. The molecule has 0 unspecified atom stereocenters. The van der Waals surface area contributed by atoms with Crippen molar-refractivity contribution < 1.29 is 9.53 Å². The van der Waals surface area contributed by atoms with Crippen LogP contribution in [0.25, 0.3) is 16.9 Å². The first-order valence-electron chi connectivity index (χ1n) is 7.48. The van der Waals surface area contributed by atoms with Crippen LogP contribution in [0.1, 0.15) is 12.6 Å². The number of nitrogens with one attached hydrogen (secondary N) is 1. The molecule has 23 heavy (non-hydrogen) atoms. The van der Waals surface area contributed by atoms with E-state index in [-0.39, 0.29) is 12.5 Å². The lowest BCUT2D eigenvalue weighted by atomic mass is 10.2. The summed E-state index contributed by atoms with van der Waals surface area (Å²) < 4.78 is 6.97. The summed E-state index contributed by atoms with van der Waals surface area (Å²) in [5.41, 5.74) is 3.49. The molecule has 0 spiro atoms. The van der Waals surface area contributed by atoms with E-state index in [1.165, 1.54) is 0 Å². The van der Waals surface area contributed by atoms with E-state index in [1.807, 2.05) is 41.7 Å². The number of carbonyl (C=O) groups excluding carboxylic acids is 1. The molecule has 0 saturated heterocycles. The molecule has 6 nitrogen and oxygen atoms in total. The number of imidazole rings is 1. The topological polar surface area (TPSA) is 68.5 Å². The maximum atomic E-state index is 11.7. The Kier molecular flexibility index (Phi) is 4.23. The fourth-order valence-corrected chi connectivity index (χ4v) is 2.49. The van der Waals surface area contributed by atoms with Gasteiger partial charge in [-0.25, -0.2) is 4.98 Å². The predicted molar refractivity (Wildman–Crippen MR) is 88.3 cm³/mol. The number of pyridine rings is 2. The van der Waals surface area contributed by atoms with Gasteiger partial charge in [0, 0.05) is 23.7 Å². The van der Waals surface area contributed by atoms with Gasteiger partial charge in [-0.15, -0.1) is 0 Å². The summed E-state index contributed by atoms with van der Waals surface area (Å²) in [4.78, 5) is 20.5. The molecule has 0 amide bonds. The molecule has 3 aromatic rings. The maximum Gasteiger partial charge on any atom is 0.325 e. The van der Waals surface area contributed by atoms with Gasteiger partial charge in [0.15, 0.2) is 0 Å². The van der Waals surface area contributed by atoms with Crippen LogP contribution < -0.4 is 5.32 Å². The number of carbonyl (C=O) groups is 1. The Balaban J connectivity index is 2.07. The van der Waals surface area contributed by atoms with Gasteiger partial charge in [0.05, 0.1) is 6.61 Å². The van der Waals surface area contributed by atoms with E-state index in [2.05, 4.69) is 15.3 Å². The largest absolute Gasteiger partial charge is 0.465 e. The number of aromatic nitrogens is 3. The normalized spacial score (nSPS) is 10.7. The molecule has 0 bridgehead atoms. The summed E-state index contributed by atoms with van der Waals surface area (Å²) >= 11 is 0. The molecule has 3 aromatic heterocycles. The van der Waals surface area contributed by atoms with Gasteiger partial charge >= 0.3 is 5.97 Å². The zero-order valence-corrected chi connectivity index (χ0v) is 13.1. The minimum Gasteiger partial charge on any atom is -0.465 e. The molecule has 0 aliphatic carbocycles. The highest BCUT2D eigenvalue weighted by molar-refractivity contribution is 5.80. The van der Waals surface area contributed by atoms with E-state index in [1.54, 1.807) is 19.3 Å². The Morgan fingerprint density at radius 2 is 2.17 bits per heavy atom. The first kappa shape index (κ1) is 15.0. The van der Waals surface area contributed by atoms with E-state index in [0.29, 0.717) is 6.61 Å². The number of aryl methyl sites for hydroxylation is 1. The average molecular weight is 310 g/mol. The van der Waals surface area contributed by atoms with Crippen LogP contribution in [0.2, 0.25) is 0 Å². The summed E-state index contributed by atoms with van der Waals surface area (Å²) in [6.07, 6.45) is 3.48. The second-order valence-corrected chi connectivity index (χ2v) is 5.07. The van der Waals surface area contributed by atoms with Gasteiger partial charge in [0.25, 0.3) is 0 Å². The van der Waals surface area contributed by atoms with E-state index in [9.17, 15) is 4.79 Å². The zero-order valence-electron chi connectivity index (χ0n) is 13.1. The molecule has 0 atom stereocenters. The van der Waals surface area contributed by atoms with Gasteiger partial charge in [0.1, 0.15) is 23.7 Å². The number of fused-ring (bicyclic) bond motifs is 1.